The van der Waals surface area contributed by atoms with Gasteiger partial charge in [-0.25, -0.2) is 21.6 Å². The van der Waals surface area contributed by atoms with Crippen LogP contribution >= 0.6 is 0 Å². The Kier molecular flexibility index (Phi) is 7.64. The first-order chi connectivity index (χ1) is 12.5. The van der Waals surface area contributed by atoms with Crippen LogP contribution in [0, 0.1) is 0 Å². The maximum absolute atomic E-state index is 12.7. The van der Waals surface area contributed by atoms with Crippen LogP contribution in [0.2, 0.25) is 0 Å². The Morgan fingerprint density at radius 2 is 1.39 bits per heavy atom. The second kappa shape index (κ2) is 8.63. The highest BCUT2D eigenvalue weighted by Gasteiger charge is 2.63. The average molecular weight is 463 g/mol. The van der Waals surface area contributed by atoms with Gasteiger partial charge in [0.25, 0.3) is 19.7 Å². The zero-order chi connectivity index (χ0) is 22.0. The number of carbonyl (C=O) groups is 1. The number of ether oxygens (including phenoxy) is 1. The molecule has 0 aromatic rings. The van der Waals surface area contributed by atoms with Crippen LogP contribution in [0.25, 0.3) is 0 Å². The molecule has 1 aliphatic carbocycles. The summed E-state index contributed by atoms with van der Waals surface area (Å²) < 4.78 is 122. The van der Waals surface area contributed by atoms with E-state index in [-0.39, 0.29) is 6.04 Å². The molecular weight excluding hydrogens is 444 g/mol. The Hall–Kier alpha value is -1.25. The number of carbonyl (C=O) groups excluding carboxylic acids is 1. The molecule has 1 fully saturated rings. The van der Waals surface area contributed by atoms with Gasteiger partial charge in [0.05, 0.1) is 0 Å². The van der Waals surface area contributed by atoms with Crippen molar-refractivity contribution in [1.29, 1.82) is 0 Å². The molecule has 1 N–H and O–H groups in total. The monoisotopic (exact) mass is 463 g/mol. The van der Waals surface area contributed by atoms with Crippen molar-refractivity contribution in [1.82, 2.24) is 5.32 Å². The Labute approximate surface area is 157 Å². The van der Waals surface area contributed by atoms with Crippen molar-refractivity contribution in [2.75, 3.05) is 0 Å². The maximum atomic E-state index is 12.7. The smallest absolute Gasteiger partial charge is 0.446 e. The van der Waals surface area contributed by atoms with E-state index in [1.165, 1.54) is 0 Å². The minimum absolute atomic E-state index is 0.304. The summed E-state index contributed by atoms with van der Waals surface area (Å²) in [4.78, 5) is 11.7. The lowest BCUT2D eigenvalue weighted by Gasteiger charge is -2.25. The van der Waals surface area contributed by atoms with Crippen LogP contribution in [-0.2, 0) is 24.4 Å². The van der Waals surface area contributed by atoms with E-state index in [1.54, 1.807) is 0 Å². The first-order valence-electron chi connectivity index (χ1n) is 8.07. The van der Waals surface area contributed by atoms with Gasteiger partial charge in [0, 0.05) is 12.5 Å². The minimum Gasteiger partial charge on any atom is -0.446 e. The van der Waals surface area contributed by atoms with E-state index in [0.717, 1.165) is 26.2 Å². The van der Waals surface area contributed by atoms with Gasteiger partial charge in [0.15, 0.2) is 4.58 Å². The number of amides is 1. The number of alkyl carbamates (subject to hydrolysis) is 1. The zero-order valence-electron chi connectivity index (χ0n) is 14.5. The van der Waals surface area contributed by atoms with Crippen LogP contribution in [0.15, 0.2) is 0 Å². The number of nitrogens with one attached hydrogen (secondary N) is 1. The zero-order valence-corrected chi connectivity index (χ0v) is 16.1. The van der Waals surface area contributed by atoms with Gasteiger partial charge in [-0.1, -0.05) is 19.3 Å². The van der Waals surface area contributed by atoms with E-state index in [1.807, 2.05) is 0 Å². The predicted octanol–water partition coefficient (Wildman–Crippen LogP) is 3.02. The van der Waals surface area contributed by atoms with Gasteiger partial charge < -0.3 is 10.1 Å². The Morgan fingerprint density at radius 1 is 0.964 bits per heavy atom. The topological polar surface area (TPSA) is 107 Å². The Balaban J connectivity index is 2.99. The number of halogens is 6. The van der Waals surface area contributed by atoms with Crippen molar-refractivity contribution in [3.8, 4) is 0 Å². The first kappa shape index (κ1) is 24.8. The highest BCUT2D eigenvalue weighted by atomic mass is 32.3. The summed E-state index contributed by atoms with van der Waals surface area (Å²) in [7, 11) is -13.5. The summed E-state index contributed by atoms with van der Waals surface area (Å²) in [6.07, 6.45) is -1.05. The van der Waals surface area contributed by atoms with Crippen LogP contribution < -0.4 is 5.32 Å². The molecule has 1 unspecified atom stereocenters. The van der Waals surface area contributed by atoms with E-state index in [9.17, 15) is 48.0 Å². The standard InChI is InChI=1S/C13H19F6NO6S2/c1-8(26-11(21)20-9-5-3-2-4-6-9)7-10(27(22,23)12(14,15)16)28(24,25)13(17,18)19/h8-10H,2-7H2,1H3,(H,20,21). The van der Waals surface area contributed by atoms with Gasteiger partial charge in [-0.15, -0.1) is 0 Å². The van der Waals surface area contributed by atoms with Gasteiger partial charge in [0.1, 0.15) is 6.10 Å². The fraction of sp³-hybridized carbons (Fsp3) is 0.923. The fourth-order valence-electron chi connectivity index (χ4n) is 2.67. The van der Waals surface area contributed by atoms with Crippen molar-refractivity contribution < 1.29 is 52.7 Å². The lowest BCUT2D eigenvalue weighted by Crippen LogP contribution is -2.47. The number of rotatable bonds is 6. The molecule has 0 aliphatic heterocycles. The molecule has 166 valence electrons. The predicted molar refractivity (Wildman–Crippen MR) is 84.3 cm³/mol. The minimum atomic E-state index is -6.76. The van der Waals surface area contributed by atoms with Crippen molar-refractivity contribution in [3.05, 3.63) is 0 Å². The largest absolute Gasteiger partial charge is 0.498 e. The summed E-state index contributed by atoms with van der Waals surface area (Å²) in [5.74, 6) is 0. The van der Waals surface area contributed by atoms with Crippen LogP contribution in [0.1, 0.15) is 45.4 Å². The SMILES string of the molecule is CC(CC(S(=O)(=O)C(F)(F)F)S(=O)(=O)C(F)(F)F)OC(=O)NC1CCCCC1. The van der Waals surface area contributed by atoms with Crippen LogP contribution in [0.4, 0.5) is 31.1 Å². The molecule has 1 aliphatic rings. The molecule has 1 rings (SSSR count). The molecule has 0 aromatic heterocycles. The second-order valence-corrected chi connectivity index (χ2v) is 10.9. The third-order valence-corrected chi connectivity index (χ3v) is 8.68. The molecule has 28 heavy (non-hydrogen) atoms. The first-order valence-corrected chi connectivity index (χ1v) is 11.2. The summed E-state index contributed by atoms with van der Waals surface area (Å²) in [6.45, 7) is 0.797. The lowest BCUT2D eigenvalue weighted by molar-refractivity contribution is -0.0476. The molecule has 15 heteroatoms. The Bertz CT molecular complexity index is 711. The molecule has 0 heterocycles. The number of alkyl halides is 6. The number of hydrogen-bond donors (Lipinski definition) is 1. The quantitative estimate of drug-likeness (QED) is 0.607. The highest BCUT2D eigenvalue weighted by Crippen LogP contribution is 2.38. The van der Waals surface area contributed by atoms with E-state index < -0.39 is 53.9 Å². The molecule has 0 aromatic carbocycles. The third kappa shape index (κ3) is 5.87. The van der Waals surface area contributed by atoms with E-state index >= 15 is 0 Å². The summed E-state index contributed by atoms with van der Waals surface area (Å²) in [5.41, 5.74) is -12.5. The number of hydrogen-bond acceptors (Lipinski definition) is 6. The normalized spacial score (nSPS) is 18.7. The van der Waals surface area contributed by atoms with Crippen molar-refractivity contribution >= 4 is 25.8 Å². The van der Waals surface area contributed by atoms with Crippen LogP contribution in [0.5, 0.6) is 0 Å². The molecule has 7 nitrogen and oxygen atoms in total. The second-order valence-electron chi connectivity index (χ2n) is 6.34. The van der Waals surface area contributed by atoms with Crippen molar-refractivity contribution in [2.45, 2.75) is 73.2 Å². The Morgan fingerprint density at radius 3 is 1.79 bits per heavy atom. The summed E-state index contributed by atoms with van der Waals surface area (Å²) in [6, 6.07) is -0.304. The molecule has 1 amide bonds. The average Bonchev–Trinajstić information content (AvgIpc) is 2.50. The molecule has 1 atom stereocenters. The van der Waals surface area contributed by atoms with Gasteiger partial charge in [-0.3, -0.25) is 0 Å². The molecule has 1 saturated carbocycles. The van der Waals surface area contributed by atoms with Crippen molar-refractivity contribution in [2.24, 2.45) is 0 Å². The van der Waals surface area contributed by atoms with Gasteiger partial charge in [-0.05, 0) is 19.8 Å². The van der Waals surface area contributed by atoms with Gasteiger partial charge in [-0.2, -0.15) is 26.3 Å². The third-order valence-electron chi connectivity index (χ3n) is 4.10. The fourth-order valence-corrected chi connectivity index (χ4v) is 6.30. The number of sulfone groups is 2. The summed E-state index contributed by atoms with van der Waals surface area (Å²) >= 11 is 0. The molecule has 0 bridgehead atoms. The van der Waals surface area contributed by atoms with Gasteiger partial charge >= 0.3 is 17.1 Å². The lowest BCUT2D eigenvalue weighted by atomic mass is 9.96. The van der Waals surface area contributed by atoms with Crippen LogP contribution in [-0.4, -0.2) is 50.7 Å². The van der Waals surface area contributed by atoms with Crippen molar-refractivity contribution in [3.63, 3.8) is 0 Å². The summed E-state index contributed by atoms with van der Waals surface area (Å²) in [5, 5.41) is 2.36. The maximum Gasteiger partial charge on any atom is 0.498 e. The van der Waals surface area contributed by atoms with Gasteiger partial charge in [0.2, 0.25) is 0 Å². The highest BCUT2D eigenvalue weighted by molar-refractivity contribution is 8.09. The molecular formula is C13H19F6NO6S2. The molecule has 0 radical (unpaired) electrons. The van der Waals surface area contributed by atoms with E-state index in [2.05, 4.69) is 10.1 Å². The molecule has 0 spiro atoms. The van der Waals surface area contributed by atoms with E-state index in [4.69, 9.17) is 0 Å². The van der Waals surface area contributed by atoms with Crippen LogP contribution in [0.3, 0.4) is 0 Å². The van der Waals surface area contributed by atoms with E-state index in [0.29, 0.717) is 12.8 Å². The molecule has 0 saturated heterocycles.